The first-order valence-electron chi connectivity index (χ1n) is 5.97. The molecule has 3 aromatic rings. The molecule has 0 saturated carbocycles. The van der Waals surface area contributed by atoms with E-state index in [0.29, 0.717) is 16.4 Å². The molecule has 0 bridgehead atoms. The Kier molecular flexibility index (Phi) is 3.51. The summed E-state index contributed by atoms with van der Waals surface area (Å²) in [5.74, 6) is -0.181. The maximum Gasteiger partial charge on any atom is 0.272 e. The lowest BCUT2D eigenvalue weighted by atomic mass is 10.2. The Hall–Kier alpha value is -1.78. The molecule has 3 rings (SSSR count). The summed E-state index contributed by atoms with van der Waals surface area (Å²) >= 11 is 9.22. The van der Waals surface area contributed by atoms with E-state index in [9.17, 15) is 4.79 Å². The molecule has 0 spiro atoms. The standard InChI is InChI=1S/C15H10BrClN2O/c16-10-2-1-9-7-14(19-13(9)8-10)15(20)18-12-5-3-11(17)4-6-12/h1-8,19H,(H,18,20). The average molecular weight is 350 g/mol. The summed E-state index contributed by atoms with van der Waals surface area (Å²) in [5.41, 5.74) is 2.15. The van der Waals surface area contributed by atoms with Gasteiger partial charge in [-0.1, -0.05) is 33.6 Å². The molecular weight excluding hydrogens is 340 g/mol. The van der Waals surface area contributed by atoms with Gasteiger partial charge in [-0.05, 0) is 42.5 Å². The Bertz CT molecular complexity index is 780. The van der Waals surface area contributed by atoms with E-state index in [1.807, 2.05) is 24.3 Å². The van der Waals surface area contributed by atoms with Crippen LogP contribution in [-0.2, 0) is 0 Å². The first kappa shape index (κ1) is 13.2. The average Bonchev–Trinajstić information content (AvgIpc) is 2.84. The number of hydrogen-bond donors (Lipinski definition) is 2. The van der Waals surface area contributed by atoms with E-state index in [-0.39, 0.29) is 5.91 Å². The molecule has 20 heavy (non-hydrogen) atoms. The molecule has 0 atom stereocenters. The maximum absolute atomic E-state index is 12.2. The molecule has 2 aromatic carbocycles. The summed E-state index contributed by atoms with van der Waals surface area (Å²) in [5, 5.41) is 4.45. The normalized spacial score (nSPS) is 10.7. The number of nitrogens with one attached hydrogen (secondary N) is 2. The molecule has 0 aliphatic carbocycles. The summed E-state index contributed by atoms with van der Waals surface area (Å²) < 4.78 is 0.969. The third kappa shape index (κ3) is 2.71. The first-order chi connectivity index (χ1) is 9.61. The van der Waals surface area contributed by atoms with Gasteiger partial charge in [0.25, 0.3) is 5.91 Å². The number of benzene rings is 2. The fourth-order valence-corrected chi connectivity index (χ4v) is 2.44. The van der Waals surface area contributed by atoms with Crippen molar-refractivity contribution < 1.29 is 4.79 Å². The topological polar surface area (TPSA) is 44.9 Å². The van der Waals surface area contributed by atoms with E-state index in [1.165, 1.54) is 0 Å². The van der Waals surface area contributed by atoms with Gasteiger partial charge in [0.2, 0.25) is 0 Å². The van der Waals surface area contributed by atoms with Crippen LogP contribution < -0.4 is 5.32 Å². The van der Waals surface area contributed by atoms with Gasteiger partial charge in [-0.2, -0.15) is 0 Å². The summed E-state index contributed by atoms with van der Waals surface area (Å²) in [7, 11) is 0. The fourth-order valence-electron chi connectivity index (χ4n) is 1.95. The predicted octanol–water partition coefficient (Wildman–Crippen LogP) is 4.84. The molecule has 1 amide bonds. The number of halogens is 2. The third-order valence-corrected chi connectivity index (χ3v) is 3.68. The summed E-state index contributed by atoms with van der Waals surface area (Å²) in [4.78, 5) is 15.3. The second-order valence-electron chi connectivity index (χ2n) is 4.38. The highest BCUT2D eigenvalue weighted by Gasteiger charge is 2.10. The lowest BCUT2D eigenvalue weighted by Crippen LogP contribution is -2.11. The van der Waals surface area contributed by atoms with Crippen LogP contribution in [0.1, 0.15) is 10.5 Å². The van der Waals surface area contributed by atoms with Crippen LogP contribution in [0.25, 0.3) is 10.9 Å². The summed E-state index contributed by atoms with van der Waals surface area (Å²) in [6, 6.07) is 14.7. The Morgan fingerprint density at radius 1 is 1.10 bits per heavy atom. The molecule has 100 valence electrons. The Labute approximate surface area is 129 Å². The molecule has 0 fully saturated rings. The van der Waals surface area contributed by atoms with E-state index in [2.05, 4.69) is 26.2 Å². The molecule has 0 unspecified atom stereocenters. The maximum atomic E-state index is 12.2. The van der Waals surface area contributed by atoms with E-state index < -0.39 is 0 Å². The van der Waals surface area contributed by atoms with Crippen LogP contribution in [0.5, 0.6) is 0 Å². The van der Waals surface area contributed by atoms with Gasteiger partial charge in [0.15, 0.2) is 0 Å². The Balaban J connectivity index is 1.86. The van der Waals surface area contributed by atoms with Gasteiger partial charge in [0.05, 0.1) is 0 Å². The first-order valence-corrected chi connectivity index (χ1v) is 7.14. The minimum absolute atomic E-state index is 0.181. The van der Waals surface area contributed by atoms with Crippen LogP contribution >= 0.6 is 27.5 Å². The van der Waals surface area contributed by atoms with Crippen molar-refractivity contribution in [3.05, 3.63) is 63.7 Å². The van der Waals surface area contributed by atoms with Crippen molar-refractivity contribution in [2.45, 2.75) is 0 Å². The van der Waals surface area contributed by atoms with E-state index >= 15 is 0 Å². The number of anilines is 1. The van der Waals surface area contributed by atoms with Crippen molar-refractivity contribution in [2.75, 3.05) is 5.32 Å². The molecule has 0 aliphatic rings. The Morgan fingerprint density at radius 2 is 1.85 bits per heavy atom. The number of aromatic amines is 1. The fraction of sp³-hybridized carbons (Fsp3) is 0. The highest BCUT2D eigenvalue weighted by molar-refractivity contribution is 9.10. The summed E-state index contributed by atoms with van der Waals surface area (Å²) in [6.45, 7) is 0. The molecule has 0 radical (unpaired) electrons. The minimum atomic E-state index is -0.181. The van der Waals surface area contributed by atoms with E-state index in [0.717, 1.165) is 15.4 Å². The SMILES string of the molecule is O=C(Nc1ccc(Cl)cc1)c1cc2ccc(Br)cc2[nH]1. The highest BCUT2D eigenvalue weighted by Crippen LogP contribution is 2.21. The second-order valence-corrected chi connectivity index (χ2v) is 5.73. The van der Waals surface area contributed by atoms with Crippen molar-refractivity contribution >= 4 is 50.0 Å². The number of H-pyrrole nitrogens is 1. The van der Waals surface area contributed by atoms with Crippen LogP contribution in [0, 0.1) is 0 Å². The summed E-state index contributed by atoms with van der Waals surface area (Å²) in [6.07, 6.45) is 0. The molecule has 2 N–H and O–H groups in total. The minimum Gasteiger partial charge on any atom is -0.350 e. The van der Waals surface area contributed by atoms with Crippen LogP contribution in [0.4, 0.5) is 5.69 Å². The zero-order valence-corrected chi connectivity index (χ0v) is 12.6. The van der Waals surface area contributed by atoms with Gasteiger partial charge in [0, 0.05) is 26.1 Å². The van der Waals surface area contributed by atoms with Crippen molar-refractivity contribution in [1.29, 1.82) is 0 Å². The number of carbonyl (C=O) groups excluding carboxylic acids is 1. The Morgan fingerprint density at radius 3 is 2.60 bits per heavy atom. The van der Waals surface area contributed by atoms with Crippen LogP contribution in [0.2, 0.25) is 5.02 Å². The van der Waals surface area contributed by atoms with Crippen LogP contribution in [0.15, 0.2) is 53.0 Å². The monoisotopic (exact) mass is 348 g/mol. The smallest absolute Gasteiger partial charge is 0.272 e. The van der Waals surface area contributed by atoms with Gasteiger partial charge in [-0.25, -0.2) is 0 Å². The molecule has 0 aliphatic heterocycles. The number of amides is 1. The lowest BCUT2D eigenvalue weighted by molar-refractivity contribution is 0.102. The molecule has 1 heterocycles. The van der Waals surface area contributed by atoms with Crippen molar-refractivity contribution in [3.63, 3.8) is 0 Å². The van der Waals surface area contributed by atoms with Gasteiger partial charge in [0.1, 0.15) is 5.69 Å². The van der Waals surface area contributed by atoms with E-state index in [1.54, 1.807) is 24.3 Å². The third-order valence-electron chi connectivity index (χ3n) is 2.93. The zero-order valence-electron chi connectivity index (χ0n) is 10.3. The molecule has 3 nitrogen and oxygen atoms in total. The zero-order chi connectivity index (χ0) is 14.1. The van der Waals surface area contributed by atoms with Crippen LogP contribution in [0.3, 0.4) is 0 Å². The number of carbonyl (C=O) groups is 1. The van der Waals surface area contributed by atoms with Gasteiger partial charge < -0.3 is 10.3 Å². The van der Waals surface area contributed by atoms with Crippen molar-refractivity contribution in [3.8, 4) is 0 Å². The number of hydrogen-bond acceptors (Lipinski definition) is 1. The largest absolute Gasteiger partial charge is 0.350 e. The van der Waals surface area contributed by atoms with Crippen molar-refractivity contribution in [2.24, 2.45) is 0 Å². The lowest BCUT2D eigenvalue weighted by Gasteiger charge is -2.03. The highest BCUT2D eigenvalue weighted by atomic mass is 79.9. The second kappa shape index (κ2) is 5.31. The van der Waals surface area contributed by atoms with Gasteiger partial charge >= 0.3 is 0 Å². The quantitative estimate of drug-likeness (QED) is 0.683. The molecule has 5 heteroatoms. The molecule has 0 saturated heterocycles. The van der Waals surface area contributed by atoms with E-state index in [4.69, 9.17) is 11.6 Å². The van der Waals surface area contributed by atoms with Gasteiger partial charge in [-0.3, -0.25) is 4.79 Å². The number of fused-ring (bicyclic) bond motifs is 1. The molecular formula is C15H10BrClN2O. The predicted molar refractivity (Wildman–Crippen MR) is 85.4 cm³/mol. The van der Waals surface area contributed by atoms with Crippen molar-refractivity contribution in [1.82, 2.24) is 4.98 Å². The van der Waals surface area contributed by atoms with Crippen LogP contribution in [-0.4, -0.2) is 10.9 Å². The molecule has 1 aromatic heterocycles. The number of rotatable bonds is 2. The van der Waals surface area contributed by atoms with Gasteiger partial charge in [-0.15, -0.1) is 0 Å². The number of aromatic nitrogens is 1.